The highest BCUT2D eigenvalue weighted by Crippen LogP contribution is 2.42. The van der Waals surface area contributed by atoms with Crippen LogP contribution in [0.5, 0.6) is 5.75 Å². The Bertz CT molecular complexity index is 1180. The lowest BCUT2D eigenvalue weighted by Gasteiger charge is -2.57. The Hall–Kier alpha value is -2.37. The van der Waals surface area contributed by atoms with Gasteiger partial charge in [-0.05, 0) is 62.1 Å². The second-order valence-corrected chi connectivity index (χ2v) is 11.4. The molecular formula is C27H32N2O4S. The van der Waals surface area contributed by atoms with E-state index in [1.807, 2.05) is 0 Å². The van der Waals surface area contributed by atoms with E-state index in [0.717, 1.165) is 30.5 Å². The third kappa shape index (κ3) is 4.60. The van der Waals surface area contributed by atoms with Gasteiger partial charge in [0, 0.05) is 48.6 Å². The van der Waals surface area contributed by atoms with Crippen molar-refractivity contribution in [3.05, 3.63) is 59.7 Å². The Morgan fingerprint density at radius 2 is 1.85 bits per heavy atom. The van der Waals surface area contributed by atoms with Crippen LogP contribution in [0.2, 0.25) is 0 Å². The molecule has 180 valence electrons. The molecule has 2 saturated heterocycles. The molecule has 7 heteroatoms. The minimum atomic E-state index is -3.66. The summed E-state index contributed by atoms with van der Waals surface area (Å²) in [7, 11) is -2.12. The molecule has 0 amide bonds. The quantitative estimate of drug-likeness (QED) is 0.666. The molecule has 0 unspecified atom stereocenters. The van der Waals surface area contributed by atoms with E-state index < -0.39 is 10.0 Å². The van der Waals surface area contributed by atoms with Gasteiger partial charge in [0.15, 0.2) is 0 Å². The predicted molar refractivity (Wildman–Crippen MR) is 131 cm³/mol. The molecule has 1 N–H and O–H groups in total. The Labute approximate surface area is 202 Å². The van der Waals surface area contributed by atoms with Gasteiger partial charge >= 0.3 is 0 Å². The fourth-order valence-corrected chi connectivity index (χ4v) is 6.77. The van der Waals surface area contributed by atoms with Gasteiger partial charge in [-0.2, -0.15) is 4.31 Å². The number of hydrogen-bond donors (Lipinski definition) is 1. The van der Waals surface area contributed by atoms with Gasteiger partial charge in [0.05, 0.1) is 18.6 Å². The van der Waals surface area contributed by atoms with Gasteiger partial charge in [0.25, 0.3) is 0 Å². The molecule has 0 aromatic heterocycles. The first-order valence-corrected chi connectivity index (χ1v) is 13.6. The number of hydrogen-bond acceptors (Lipinski definition) is 5. The smallest absolute Gasteiger partial charge is 0.243 e. The molecule has 0 radical (unpaired) electrons. The van der Waals surface area contributed by atoms with Gasteiger partial charge in [0.2, 0.25) is 10.0 Å². The Kier molecular flexibility index (Phi) is 6.67. The SMILES string of the molecule is COc1cccc(S(=O)(=O)N2CCCCN3[C@@H](CO)[C@H](c4ccc(C#CC5CC5)cc4)[C@@H]3C2)c1. The molecule has 2 aromatic carbocycles. The van der Waals surface area contributed by atoms with Crippen LogP contribution in [0, 0.1) is 17.8 Å². The molecule has 1 aliphatic carbocycles. The number of methoxy groups -OCH3 is 1. The maximum absolute atomic E-state index is 13.6. The van der Waals surface area contributed by atoms with E-state index in [-0.39, 0.29) is 29.5 Å². The van der Waals surface area contributed by atoms with Gasteiger partial charge in [-0.3, -0.25) is 4.90 Å². The standard InChI is InChI=1S/C27H32N2O4S/c1-33-23-5-4-6-24(17-23)34(31,32)28-15-2-3-16-29-25(18-28)27(26(29)19-30)22-13-11-21(12-14-22)10-9-20-7-8-20/h4-6,11-14,17,20,25-27,30H,2-3,7-8,15-16,18-19H2,1H3/t25-,26-,27+/m0/s1. The summed E-state index contributed by atoms with van der Waals surface area (Å²) in [5, 5.41) is 10.2. The monoisotopic (exact) mass is 480 g/mol. The van der Waals surface area contributed by atoms with Crippen LogP contribution >= 0.6 is 0 Å². The number of benzene rings is 2. The summed E-state index contributed by atoms with van der Waals surface area (Å²) in [5.74, 6) is 7.72. The lowest BCUT2D eigenvalue weighted by Crippen LogP contribution is -2.67. The van der Waals surface area contributed by atoms with E-state index in [0.29, 0.717) is 24.8 Å². The molecule has 34 heavy (non-hydrogen) atoms. The summed E-state index contributed by atoms with van der Waals surface area (Å²) < 4.78 is 34.0. The van der Waals surface area contributed by atoms with E-state index >= 15 is 0 Å². The van der Waals surface area contributed by atoms with E-state index in [1.165, 1.54) is 20.0 Å². The fourth-order valence-electron chi connectivity index (χ4n) is 5.24. The van der Waals surface area contributed by atoms with Crippen LogP contribution in [0.4, 0.5) is 0 Å². The molecule has 5 rings (SSSR count). The van der Waals surface area contributed by atoms with Crippen LogP contribution in [0.15, 0.2) is 53.4 Å². The molecule has 3 atom stereocenters. The highest BCUT2D eigenvalue weighted by molar-refractivity contribution is 7.89. The average molecular weight is 481 g/mol. The van der Waals surface area contributed by atoms with Gasteiger partial charge in [0.1, 0.15) is 5.75 Å². The van der Waals surface area contributed by atoms with Crippen LogP contribution in [-0.4, -0.2) is 68.2 Å². The van der Waals surface area contributed by atoms with Crippen molar-refractivity contribution in [3.63, 3.8) is 0 Å². The molecule has 3 fully saturated rings. The molecule has 6 nitrogen and oxygen atoms in total. The molecular weight excluding hydrogens is 448 g/mol. The predicted octanol–water partition coefficient (Wildman–Crippen LogP) is 3.07. The first kappa shape index (κ1) is 23.4. The summed E-state index contributed by atoms with van der Waals surface area (Å²) in [6, 6.07) is 15.0. The molecule has 2 aromatic rings. The van der Waals surface area contributed by atoms with Crippen molar-refractivity contribution < 1.29 is 18.3 Å². The number of rotatable bonds is 5. The molecule has 0 spiro atoms. The van der Waals surface area contributed by atoms with Crippen LogP contribution < -0.4 is 4.74 Å². The third-order valence-electron chi connectivity index (χ3n) is 7.31. The molecule has 1 saturated carbocycles. The second kappa shape index (κ2) is 9.71. The van der Waals surface area contributed by atoms with Gasteiger partial charge in [-0.25, -0.2) is 8.42 Å². The van der Waals surface area contributed by atoms with E-state index in [4.69, 9.17) is 4.74 Å². The van der Waals surface area contributed by atoms with Crippen LogP contribution in [0.3, 0.4) is 0 Å². The number of fused-ring (bicyclic) bond motifs is 1. The van der Waals surface area contributed by atoms with Crippen LogP contribution in [0.1, 0.15) is 42.7 Å². The summed E-state index contributed by atoms with van der Waals surface area (Å²) in [4.78, 5) is 2.55. The molecule has 3 aliphatic rings. The summed E-state index contributed by atoms with van der Waals surface area (Å²) in [5.41, 5.74) is 2.14. The Morgan fingerprint density at radius 3 is 2.56 bits per heavy atom. The molecule has 2 heterocycles. The summed E-state index contributed by atoms with van der Waals surface area (Å²) in [6.45, 7) is 1.84. The lowest BCUT2D eigenvalue weighted by molar-refractivity contribution is -0.0553. The van der Waals surface area contributed by atoms with Gasteiger partial charge < -0.3 is 9.84 Å². The second-order valence-electron chi connectivity index (χ2n) is 9.50. The maximum atomic E-state index is 13.6. The van der Waals surface area contributed by atoms with Crippen molar-refractivity contribution in [2.75, 3.05) is 33.4 Å². The zero-order chi connectivity index (χ0) is 23.7. The van der Waals surface area contributed by atoms with Crippen LogP contribution in [-0.2, 0) is 10.0 Å². The minimum absolute atomic E-state index is 0.00729. The van der Waals surface area contributed by atoms with E-state index in [9.17, 15) is 13.5 Å². The van der Waals surface area contributed by atoms with Gasteiger partial charge in [-0.15, -0.1) is 0 Å². The zero-order valence-corrected chi connectivity index (χ0v) is 20.4. The molecule has 0 bridgehead atoms. The van der Waals surface area contributed by atoms with Crippen molar-refractivity contribution in [2.45, 2.75) is 48.6 Å². The normalized spacial score (nSPS) is 25.8. The Balaban J connectivity index is 1.40. The highest BCUT2D eigenvalue weighted by Gasteiger charge is 2.50. The van der Waals surface area contributed by atoms with Crippen molar-refractivity contribution in [1.82, 2.24) is 9.21 Å². The minimum Gasteiger partial charge on any atom is -0.497 e. The number of aliphatic hydroxyl groups is 1. The van der Waals surface area contributed by atoms with Crippen molar-refractivity contribution in [3.8, 4) is 17.6 Å². The Morgan fingerprint density at radius 1 is 1.09 bits per heavy atom. The number of sulfonamides is 1. The lowest BCUT2D eigenvalue weighted by atomic mass is 9.74. The number of aliphatic hydroxyl groups excluding tert-OH is 1. The van der Waals surface area contributed by atoms with E-state index in [1.54, 1.807) is 28.6 Å². The van der Waals surface area contributed by atoms with Crippen molar-refractivity contribution in [2.24, 2.45) is 5.92 Å². The first-order chi connectivity index (χ1) is 16.5. The van der Waals surface area contributed by atoms with E-state index in [2.05, 4.69) is 41.0 Å². The first-order valence-electron chi connectivity index (χ1n) is 12.1. The largest absolute Gasteiger partial charge is 0.497 e. The topological polar surface area (TPSA) is 70.1 Å². The highest BCUT2D eigenvalue weighted by atomic mass is 32.2. The third-order valence-corrected chi connectivity index (χ3v) is 9.17. The number of ether oxygens (including phenoxy) is 1. The summed E-state index contributed by atoms with van der Waals surface area (Å²) in [6.07, 6.45) is 4.11. The zero-order valence-electron chi connectivity index (χ0n) is 19.6. The fraction of sp³-hybridized carbons (Fsp3) is 0.481. The number of nitrogens with zero attached hydrogens (tertiary/aromatic N) is 2. The van der Waals surface area contributed by atoms with Crippen molar-refractivity contribution in [1.29, 1.82) is 0 Å². The molecule has 2 aliphatic heterocycles. The maximum Gasteiger partial charge on any atom is 0.243 e. The average Bonchev–Trinajstić information content (AvgIpc) is 3.67. The van der Waals surface area contributed by atoms with Gasteiger partial charge in [-0.1, -0.05) is 30.0 Å². The summed E-state index contributed by atoms with van der Waals surface area (Å²) >= 11 is 0. The van der Waals surface area contributed by atoms with Crippen molar-refractivity contribution >= 4 is 10.0 Å². The van der Waals surface area contributed by atoms with Crippen LogP contribution in [0.25, 0.3) is 0 Å².